The van der Waals surface area contributed by atoms with Gasteiger partial charge in [-0.3, -0.25) is 14.3 Å². The highest BCUT2D eigenvalue weighted by molar-refractivity contribution is 9.10. The molecule has 0 bridgehead atoms. The largest absolute Gasteiger partial charge is 0.326 e. The van der Waals surface area contributed by atoms with Crippen LogP contribution in [0, 0.1) is 0 Å². The van der Waals surface area contributed by atoms with Crippen molar-refractivity contribution in [3.05, 3.63) is 77.0 Å². The van der Waals surface area contributed by atoms with Crippen molar-refractivity contribution in [3.8, 4) is 0 Å². The summed E-state index contributed by atoms with van der Waals surface area (Å²) >= 11 is 3.49. The van der Waals surface area contributed by atoms with Gasteiger partial charge in [0, 0.05) is 34.7 Å². The number of halogens is 1. The molecule has 0 aliphatic rings. The third kappa shape index (κ3) is 5.29. The molecule has 0 aliphatic carbocycles. The fourth-order valence-corrected chi connectivity index (χ4v) is 3.21. The third-order valence-corrected chi connectivity index (χ3v) is 5.07. The maximum atomic E-state index is 12.4. The summed E-state index contributed by atoms with van der Waals surface area (Å²) in [6, 6.07) is 16.3. The predicted molar refractivity (Wildman–Crippen MR) is 113 cm³/mol. The number of rotatable bonds is 7. The van der Waals surface area contributed by atoms with Crippen LogP contribution in [0.15, 0.2) is 71.5 Å². The van der Waals surface area contributed by atoms with Crippen molar-refractivity contribution in [2.45, 2.75) is 25.8 Å². The Balaban J connectivity index is 1.56. The average Bonchev–Trinajstić information content (AvgIpc) is 3.22. The Bertz CT molecular complexity index is 957. The highest BCUT2D eigenvalue weighted by atomic mass is 79.9. The topological polar surface area (TPSA) is 76.0 Å². The Morgan fingerprint density at radius 2 is 1.82 bits per heavy atom. The van der Waals surface area contributed by atoms with Gasteiger partial charge in [0.15, 0.2) is 0 Å². The molecule has 0 radical (unpaired) electrons. The summed E-state index contributed by atoms with van der Waals surface area (Å²) in [5, 5.41) is 9.81. The highest BCUT2D eigenvalue weighted by Gasteiger charge is 2.15. The van der Waals surface area contributed by atoms with Crippen molar-refractivity contribution in [2.75, 3.05) is 10.6 Å². The first kappa shape index (κ1) is 19.8. The molecule has 6 nitrogen and oxygen atoms in total. The van der Waals surface area contributed by atoms with Crippen molar-refractivity contribution < 1.29 is 9.59 Å². The van der Waals surface area contributed by atoms with Gasteiger partial charge in [0.1, 0.15) is 6.04 Å². The van der Waals surface area contributed by atoms with Crippen LogP contribution in [-0.2, 0) is 16.0 Å². The van der Waals surface area contributed by atoms with Crippen LogP contribution in [0.5, 0.6) is 0 Å². The molecule has 0 unspecified atom stereocenters. The van der Waals surface area contributed by atoms with Gasteiger partial charge in [0.2, 0.25) is 11.8 Å². The van der Waals surface area contributed by atoms with Crippen molar-refractivity contribution in [3.63, 3.8) is 0 Å². The van der Waals surface area contributed by atoms with E-state index in [0.29, 0.717) is 24.2 Å². The number of carbonyl (C=O) groups is 2. The number of aromatic nitrogens is 2. The number of amides is 2. The third-order valence-electron chi connectivity index (χ3n) is 4.29. The van der Waals surface area contributed by atoms with Crippen LogP contribution in [0.1, 0.15) is 24.9 Å². The molecule has 0 saturated heterocycles. The monoisotopic (exact) mass is 440 g/mol. The molecule has 2 aromatic carbocycles. The summed E-state index contributed by atoms with van der Waals surface area (Å²) in [5.41, 5.74) is 2.35. The van der Waals surface area contributed by atoms with Crippen LogP contribution < -0.4 is 10.6 Å². The molecule has 0 saturated carbocycles. The molecular weight excluding hydrogens is 420 g/mol. The molecule has 7 heteroatoms. The van der Waals surface area contributed by atoms with Crippen LogP contribution in [0.4, 0.5) is 11.4 Å². The molecular formula is C21H21BrN4O2. The minimum absolute atomic E-state index is 0.0795. The summed E-state index contributed by atoms with van der Waals surface area (Å²) in [5.74, 6) is -0.259. The first-order valence-electron chi connectivity index (χ1n) is 8.96. The Hall–Kier alpha value is -2.93. The van der Waals surface area contributed by atoms with E-state index >= 15 is 0 Å². The zero-order valence-electron chi connectivity index (χ0n) is 15.4. The quantitative estimate of drug-likeness (QED) is 0.570. The molecule has 0 fully saturated rings. The Morgan fingerprint density at radius 3 is 2.54 bits per heavy atom. The minimum Gasteiger partial charge on any atom is -0.326 e. The van der Waals surface area contributed by atoms with E-state index in [0.717, 1.165) is 10.0 Å². The van der Waals surface area contributed by atoms with Gasteiger partial charge >= 0.3 is 0 Å². The van der Waals surface area contributed by atoms with Gasteiger partial charge in [-0.2, -0.15) is 5.10 Å². The standard InChI is InChI=1S/C21H21BrN4O2/c1-15(26-13-5-12-23-26)21(28)25-18-8-4-7-17(14-18)24-20(27)11-10-16-6-2-3-9-19(16)22/h2-9,12-15H,10-11H2,1H3,(H,24,27)(H,25,28)/t15-/m1/s1. The van der Waals surface area contributed by atoms with Crippen molar-refractivity contribution in [2.24, 2.45) is 0 Å². The van der Waals surface area contributed by atoms with Gasteiger partial charge in [-0.15, -0.1) is 0 Å². The normalized spacial score (nSPS) is 11.6. The summed E-state index contributed by atoms with van der Waals surface area (Å²) in [6.07, 6.45) is 4.39. The van der Waals surface area contributed by atoms with Crippen LogP contribution >= 0.6 is 15.9 Å². The lowest BCUT2D eigenvalue weighted by Gasteiger charge is -2.13. The molecule has 144 valence electrons. The van der Waals surface area contributed by atoms with Gasteiger partial charge in [-0.1, -0.05) is 40.2 Å². The molecule has 0 aliphatic heterocycles. The number of hydrogen-bond acceptors (Lipinski definition) is 3. The number of hydrogen-bond donors (Lipinski definition) is 2. The summed E-state index contributed by atoms with van der Waals surface area (Å²) in [4.78, 5) is 24.6. The number of carbonyl (C=O) groups excluding carboxylic acids is 2. The first-order chi connectivity index (χ1) is 13.5. The molecule has 1 atom stereocenters. The second-order valence-electron chi connectivity index (χ2n) is 6.37. The zero-order chi connectivity index (χ0) is 19.9. The van der Waals surface area contributed by atoms with E-state index in [1.54, 1.807) is 54.3 Å². The van der Waals surface area contributed by atoms with E-state index < -0.39 is 6.04 Å². The molecule has 1 heterocycles. The number of aryl methyl sites for hydroxylation is 1. The molecule has 3 rings (SSSR count). The summed E-state index contributed by atoms with van der Waals surface area (Å²) in [6.45, 7) is 1.77. The number of benzene rings is 2. The van der Waals surface area contributed by atoms with Gasteiger partial charge in [0.05, 0.1) is 0 Å². The van der Waals surface area contributed by atoms with Crippen LogP contribution in [0.2, 0.25) is 0 Å². The Labute approximate surface area is 172 Å². The van der Waals surface area contributed by atoms with E-state index in [2.05, 4.69) is 31.7 Å². The predicted octanol–water partition coefficient (Wildman–Crippen LogP) is 4.42. The van der Waals surface area contributed by atoms with Gasteiger partial charge in [0.25, 0.3) is 0 Å². The second kappa shape index (κ2) is 9.32. The van der Waals surface area contributed by atoms with Gasteiger partial charge in [-0.25, -0.2) is 0 Å². The van der Waals surface area contributed by atoms with Crippen LogP contribution in [-0.4, -0.2) is 21.6 Å². The molecule has 2 amide bonds. The van der Waals surface area contributed by atoms with E-state index in [1.165, 1.54) is 0 Å². The first-order valence-corrected chi connectivity index (χ1v) is 9.75. The highest BCUT2D eigenvalue weighted by Crippen LogP contribution is 2.19. The maximum Gasteiger partial charge on any atom is 0.248 e. The number of nitrogens with one attached hydrogen (secondary N) is 2. The molecule has 2 N–H and O–H groups in total. The molecule has 28 heavy (non-hydrogen) atoms. The summed E-state index contributed by atoms with van der Waals surface area (Å²) < 4.78 is 2.58. The average molecular weight is 441 g/mol. The summed E-state index contributed by atoms with van der Waals surface area (Å²) in [7, 11) is 0. The lowest BCUT2D eigenvalue weighted by atomic mass is 10.1. The Morgan fingerprint density at radius 1 is 1.07 bits per heavy atom. The fraction of sp³-hybridized carbons (Fsp3) is 0.190. The second-order valence-corrected chi connectivity index (χ2v) is 7.23. The van der Waals surface area contributed by atoms with Crippen molar-refractivity contribution in [1.82, 2.24) is 9.78 Å². The molecule has 0 spiro atoms. The number of nitrogens with zero attached hydrogens (tertiary/aromatic N) is 2. The molecule has 3 aromatic rings. The van der Waals surface area contributed by atoms with E-state index in [9.17, 15) is 9.59 Å². The lowest BCUT2D eigenvalue weighted by molar-refractivity contribution is -0.119. The fourth-order valence-electron chi connectivity index (χ4n) is 2.72. The number of anilines is 2. The lowest BCUT2D eigenvalue weighted by Crippen LogP contribution is -2.24. The van der Waals surface area contributed by atoms with E-state index in [1.807, 2.05) is 24.3 Å². The van der Waals surface area contributed by atoms with E-state index in [4.69, 9.17) is 0 Å². The minimum atomic E-state index is -0.433. The van der Waals surface area contributed by atoms with Crippen LogP contribution in [0.25, 0.3) is 0 Å². The van der Waals surface area contributed by atoms with Gasteiger partial charge < -0.3 is 10.6 Å². The molecule has 1 aromatic heterocycles. The van der Waals surface area contributed by atoms with Crippen LogP contribution in [0.3, 0.4) is 0 Å². The van der Waals surface area contributed by atoms with Crippen molar-refractivity contribution in [1.29, 1.82) is 0 Å². The van der Waals surface area contributed by atoms with Crippen molar-refractivity contribution >= 4 is 39.1 Å². The zero-order valence-corrected chi connectivity index (χ0v) is 17.0. The SMILES string of the molecule is C[C@H](C(=O)Nc1cccc(NC(=O)CCc2ccccc2Br)c1)n1cccn1. The Kier molecular flexibility index (Phi) is 6.60. The smallest absolute Gasteiger partial charge is 0.248 e. The van der Waals surface area contributed by atoms with E-state index in [-0.39, 0.29) is 11.8 Å². The maximum absolute atomic E-state index is 12.4. The van der Waals surface area contributed by atoms with Gasteiger partial charge in [-0.05, 0) is 49.2 Å².